The van der Waals surface area contributed by atoms with E-state index < -0.39 is 0 Å². The number of hydrogen-bond donors (Lipinski definition) is 2. The van der Waals surface area contributed by atoms with Crippen LogP contribution in [0.5, 0.6) is 0 Å². The first-order chi connectivity index (χ1) is 10.2. The van der Waals surface area contributed by atoms with Gasteiger partial charge in [-0.05, 0) is 42.5 Å². The van der Waals surface area contributed by atoms with Crippen LogP contribution in [0.15, 0.2) is 48.5 Å². The van der Waals surface area contributed by atoms with Gasteiger partial charge in [-0.2, -0.15) is 10.5 Å². The molecule has 0 fully saturated rings. The summed E-state index contributed by atoms with van der Waals surface area (Å²) in [5, 5.41) is 23.2. The molecule has 0 aromatic heterocycles. The van der Waals surface area contributed by atoms with Crippen LogP contribution in [0.4, 0.5) is 11.4 Å². The predicted molar refractivity (Wildman–Crippen MR) is 79.4 cm³/mol. The molecule has 0 aliphatic heterocycles. The van der Waals surface area contributed by atoms with Gasteiger partial charge in [0.2, 0.25) is 5.91 Å². The highest BCUT2D eigenvalue weighted by Gasteiger charge is 2.03. The van der Waals surface area contributed by atoms with Crippen LogP contribution in [0.1, 0.15) is 11.1 Å². The molecule has 2 rings (SSSR count). The number of nitriles is 2. The Bertz CT molecular complexity index is 723. The fourth-order valence-corrected chi connectivity index (χ4v) is 1.71. The second-order valence-corrected chi connectivity index (χ2v) is 4.28. The Morgan fingerprint density at radius 1 is 0.952 bits per heavy atom. The zero-order valence-corrected chi connectivity index (χ0v) is 11.1. The average molecular weight is 276 g/mol. The van der Waals surface area contributed by atoms with Crippen molar-refractivity contribution in [3.8, 4) is 12.1 Å². The number of hydrogen-bond acceptors (Lipinski definition) is 4. The van der Waals surface area contributed by atoms with Gasteiger partial charge in [-0.25, -0.2) is 0 Å². The van der Waals surface area contributed by atoms with E-state index in [-0.39, 0.29) is 12.5 Å². The summed E-state index contributed by atoms with van der Waals surface area (Å²) in [7, 11) is 0. The minimum absolute atomic E-state index is 0.0921. The van der Waals surface area contributed by atoms with Crippen molar-refractivity contribution < 1.29 is 4.79 Å². The van der Waals surface area contributed by atoms with E-state index in [0.29, 0.717) is 22.5 Å². The van der Waals surface area contributed by atoms with Crippen LogP contribution in [0.3, 0.4) is 0 Å². The van der Waals surface area contributed by atoms with Crippen molar-refractivity contribution in [2.75, 3.05) is 17.2 Å². The van der Waals surface area contributed by atoms with Crippen molar-refractivity contribution in [3.05, 3.63) is 59.7 Å². The van der Waals surface area contributed by atoms with E-state index in [1.54, 1.807) is 48.5 Å². The molecule has 21 heavy (non-hydrogen) atoms. The molecule has 2 aromatic carbocycles. The van der Waals surface area contributed by atoms with Crippen molar-refractivity contribution in [3.63, 3.8) is 0 Å². The van der Waals surface area contributed by atoms with Crippen molar-refractivity contribution in [1.82, 2.24) is 0 Å². The van der Waals surface area contributed by atoms with Gasteiger partial charge in [0.05, 0.1) is 29.8 Å². The standard InChI is InChI=1S/C16H12N4O/c17-9-12-4-6-14(7-5-12)20-16(21)11-19-15-3-1-2-13(8-15)10-18/h1-8,19H,11H2,(H,20,21). The summed E-state index contributed by atoms with van der Waals surface area (Å²) < 4.78 is 0. The highest BCUT2D eigenvalue weighted by Crippen LogP contribution is 2.10. The Labute approximate surface area is 122 Å². The third-order valence-corrected chi connectivity index (χ3v) is 2.74. The molecule has 0 bridgehead atoms. The molecule has 5 heteroatoms. The molecule has 0 unspecified atom stereocenters. The minimum atomic E-state index is -0.206. The molecule has 0 radical (unpaired) electrons. The van der Waals surface area contributed by atoms with E-state index >= 15 is 0 Å². The zero-order valence-electron chi connectivity index (χ0n) is 11.1. The van der Waals surface area contributed by atoms with E-state index in [0.717, 1.165) is 0 Å². The third-order valence-electron chi connectivity index (χ3n) is 2.74. The number of benzene rings is 2. The molecular formula is C16H12N4O. The van der Waals surface area contributed by atoms with Gasteiger partial charge >= 0.3 is 0 Å². The van der Waals surface area contributed by atoms with Gasteiger partial charge in [0.15, 0.2) is 0 Å². The quantitative estimate of drug-likeness (QED) is 0.897. The van der Waals surface area contributed by atoms with E-state index in [2.05, 4.69) is 10.6 Å². The third kappa shape index (κ3) is 4.09. The smallest absolute Gasteiger partial charge is 0.243 e. The summed E-state index contributed by atoms with van der Waals surface area (Å²) in [6.45, 7) is 0.0921. The van der Waals surface area contributed by atoms with Crippen LogP contribution in [0, 0.1) is 22.7 Å². The van der Waals surface area contributed by atoms with Crippen molar-refractivity contribution in [1.29, 1.82) is 10.5 Å². The molecule has 0 atom stereocenters. The first kappa shape index (κ1) is 14.1. The highest BCUT2D eigenvalue weighted by molar-refractivity contribution is 5.93. The number of carbonyl (C=O) groups excluding carboxylic acids is 1. The molecule has 2 aromatic rings. The second kappa shape index (κ2) is 6.74. The first-order valence-corrected chi connectivity index (χ1v) is 6.25. The summed E-state index contributed by atoms with van der Waals surface area (Å²) in [6, 6.07) is 17.6. The number of amides is 1. The van der Waals surface area contributed by atoms with E-state index in [9.17, 15) is 4.79 Å². The van der Waals surface area contributed by atoms with Crippen molar-refractivity contribution in [2.24, 2.45) is 0 Å². The van der Waals surface area contributed by atoms with Gasteiger partial charge in [0.25, 0.3) is 0 Å². The maximum Gasteiger partial charge on any atom is 0.243 e. The molecule has 2 N–H and O–H groups in total. The van der Waals surface area contributed by atoms with Gasteiger partial charge in [0, 0.05) is 11.4 Å². The lowest BCUT2D eigenvalue weighted by Crippen LogP contribution is -2.21. The molecule has 1 amide bonds. The largest absolute Gasteiger partial charge is 0.376 e. The highest BCUT2D eigenvalue weighted by atomic mass is 16.1. The van der Waals surface area contributed by atoms with Crippen LogP contribution < -0.4 is 10.6 Å². The molecule has 0 spiro atoms. The monoisotopic (exact) mass is 276 g/mol. The van der Waals surface area contributed by atoms with Crippen LogP contribution in [0.2, 0.25) is 0 Å². The molecule has 0 aliphatic rings. The van der Waals surface area contributed by atoms with Crippen LogP contribution in [-0.2, 0) is 4.79 Å². The number of nitrogens with one attached hydrogen (secondary N) is 2. The summed E-state index contributed by atoms with van der Waals surface area (Å²) >= 11 is 0. The number of anilines is 2. The molecule has 0 saturated heterocycles. The van der Waals surface area contributed by atoms with E-state index in [1.807, 2.05) is 12.1 Å². The van der Waals surface area contributed by atoms with Crippen LogP contribution in [-0.4, -0.2) is 12.5 Å². The summed E-state index contributed by atoms with van der Waals surface area (Å²) in [6.07, 6.45) is 0. The molecule has 0 saturated carbocycles. The second-order valence-electron chi connectivity index (χ2n) is 4.28. The average Bonchev–Trinajstić information content (AvgIpc) is 2.54. The van der Waals surface area contributed by atoms with Crippen molar-refractivity contribution >= 4 is 17.3 Å². The summed E-state index contributed by atoms with van der Waals surface area (Å²) in [4.78, 5) is 11.8. The van der Waals surface area contributed by atoms with Gasteiger partial charge < -0.3 is 10.6 Å². The normalized spacial score (nSPS) is 9.24. The SMILES string of the molecule is N#Cc1ccc(NC(=O)CNc2cccc(C#N)c2)cc1. The minimum Gasteiger partial charge on any atom is -0.376 e. The van der Waals surface area contributed by atoms with Gasteiger partial charge in [0.1, 0.15) is 0 Å². The van der Waals surface area contributed by atoms with Crippen LogP contribution >= 0.6 is 0 Å². The number of carbonyl (C=O) groups is 1. The summed E-state index contributed by atoms with van der Waals surface area (Å²) in [5.74, 6) is -0.206. The predicted octanol–water partition coefficient (Wildman–Crippen LogP) is 2.48. The summed E-state index contributed by atoms with van der Waals surface area (Å²) in [5.41, 5.74) is 2.42. The van der Waals surface area contributed by atoms with Gasteiger partial charge in [-0.1, -0.05) is 6.07 Å². The fourth-order valence-electron chi connectivity index (χ4n) is 1.71. The van der Waals surface area contributed by atoms with Crippen LogP contribution in [0.25, 0.3) is 0 Å². The maximum absolute atomic E-state index is 11.8. The fraction of sp³-hybridized carbons (Fsp3) is 0.0625. The number of rotatable bonds is 4. The Morgan fingerprint density at radius 3 is 2.33 bits per heavy atom. The number of nitrogens with zero attached hydrogens (tertiary/aromatic N) is 2. The van der Waals surface area contributed by atoms with E-state index in [1.165, 1.54) is 0 Å². The first-order valence-electron chi connectivity index (χ1n) is 6.25. The molecule has 0 aliphatic carbocycles. The molecule has 0 heterocycles. The lowest BCUT2D eigenvalue weighted by atomic mass is 10.2. The zero-order chi connectivity index (χ0) is 15.1. The Hall–Kier alpha value is -3.31. The van der Waals surface area contributed by atoms with Crippen molar-refractivity contribution in [2.45, 2.75) is 0 Å². The topological polar surface area (TPSA) is 88.7 Å². The van der Waals surface area contributed by atoms with Gasteiger partial charge in [-0.3, -0.25) is 4.79 Å². The Morgan fingerprint density at radius 2 is 1.67 bits per heavy atom. The van der Waals surface area contributed by atoms with E-state index in [4.69, 9.17) is 10.5 Å². The molecule has 5 nitrogen and oxygen atoms in total. The molecule has 102 valence electrons. The lowest BCUT2D eigenvalue weighted by Gasteiger charge is -2.08. The molecular weight excluding hydrogens is 264 g/mol. The maximum atomic E-state index is 11.8. The lowest BCUT2D eigenvalue weighted by molar-refractivity contribution is -0.114. The Balaban J connectivity index is 1.89. The Kier molecular flexibility index (Phi) is 4.53. The van der Waals surface area contributed by atoms with Gasteiger partial charge in [-0.15, -0.1) is 0 Å².